The molecule has 12 heavy (non-hydrogen) atoms. The number of pyridine rings is 1. The second-order valence-electron chi connectivity index (χ2n) is 2.73. The summed E-state index contributed by atoms with van der Waals surface area (Å²) in [5, 5.41) is 0. The van der Waals surface area contributed by atoms with Gasteiger partial charge in [-0.25, -0.2) is 0 Å². The highest BCUT2D eigenvalue weighted by atomic mass is 79.9. The van der Waals surface area contributed by atoms with Crippen LogP contribution in [0.3, 0.4) is 0 Å². The summed E-state index contributed by atoms with van der Waals surface area (Å²) in [6.45, 7) is 3.77. The molecule has 0 amide bonds. The van der Waals surface area contributed by atoms with E-state index in [2.05, 4.69) is 27.4 Å². The van der Waals surface area contributed by atoms with Gasteiger partial charge in [0.1, 0.15) is 0 Å². The average Bonchev–Trinajstić information content (AvgIpc) is 2.04. The summed E-state index contributed by atoms with van der Waals surface area (Å²) < 4.78 is 2.75. The van der Waals surface area contributed by atoms with Crippen LogP contribution in [0, 0.1) is 0 Å². The normalized spacial score (nSPS) is 9.58. The molecule has 2 nitrogen and oxygen atoms in total. The number of rotatable bonds is 2. The summed E-state index contributed by atoms with van der Waals surface area (Å²) in [5.74, 6) is 0. The fraction of sp³-hybridized carbons (Fsp3) is 0.222. The fourth-order valence-electron chi connectivity index (χ4n) is 0.878. The van der Waals surface area contributed by atoms with E-state index in [1.165, 1.54) is 5.69 Å². The maximum atomic E-state index is 3.77. The Kier molecular flexibility index (Phi) is 2.87. The highest BCUT2D eigenvalue weighted by Gasteiger charge is 2.02. The maximum absolute atomic E-state index is 3.77. The minimum absolute atomic E-state index is 0.841. The lowest BCUT2D eigenvalue weighted by Crippen LogP contribution is -2.28. The van der Waals surface area contributed by atoms with Crippen LogP contribution in [0.1, 0.15) is 0 Å². The smallest absolute Gasteiger partial charge is 0.245 e. The van der Waals surface area contributed by atoms with Gasteiger partial charge in [0, 0.05) is 47.8 Å². The number of aromatic nitrogens is 1. The van der Waals surface area contributed by atoms with Crippen molar-refractivity contribution in [1.82, 2.24) is 0 Å². The average molecular weight is 228 g/mol. The molecule has 0 unspecified atom stereocenters. The lowest BCUT2D eigenvalue weighted by molar-refractivity contribution is -0.571. The molecule has 0 bridgehead atoms. The summed E-state index contributed by atoms with van der Waals surface area (Å²) in [7, 11) is 4.03. The van der Waals surface area contributed by atoms with Crippen molar-refractivity contribution in [2.75, 3.05) is 19.0 Å². The van der Waals surface area contributed by atoms with Crippen LogP contribution in [0.2, 0.25) is 0 Å². The van der Waals surface area contributed by atoms with Gasteiger partial charge in [-0.3, -0.25) is 0 Å². The van der Waals surface area contributed by atoms with E-state index >= 15 is 0 Å². The molecule has 1 heterocycles. The SMILES string of the molecule is C=C(Br)[n+]1ccc(N(C)C)cc1. The van der Waals surface area contributed by atoms with Crippen molar-refractivity contribution >= 4 is 26.2 Å². The molecule has 0 aliphatic carbocycles. The van der Waals surface area contributed by atoms with Gasteiger partial charge in [-0.1, -0.05) is 0 Å². The Morgan fingerprint density at radius 3 is 2.25 bits per heavy atom. The van der Waals surface area contributed by atoms with Crippen molar-refractivity contribution in [1.29, 1.82) is 0 Å². The van der Waals surface area contributed by atoms with Gasteiger partial charge < -0.3 is 4.90 Å². The Morgan fingerprint density at radius 1 is 1.42 bits per heavy atom. The molecule has 1 aromatic rings. The van der Waals surface area contributed by atoms with E-state index in [1.54, 1.807) is 0 Å². The van der Waals surface area contributed by atoms with E-state index in [-0.39, 0.29) is 0 Å². The van der Waals surface area contributed by atoms with E-state index in [9.17, 15) is 0 Å². The first-order chi connectivity index (χ1) is 5.61. The summed E-state index contributed by atoms with van der Waals surface area (Å²) >= 11 is 3.30. The Labute approximate surface area is 81.3 Å². The third kappa shape index (κ3) is 2.08. The van der Waals surface area contributed by atoms with Crippen LogP contribution in [0.25, 0.3) is 4.61 Å². The quantitative estimate of drug-likeness (QED) is 0.701. The summed E-state index contributed by atoms with van der Waals surface area (Å²) in [4.78, 5) is 2.06. The first kappa shape index (κ1) is 9.26. The molecule has 1 rings (SSSR count). The third-order valence-corrected chi connectivity index (χ3v) is 2.02. The van der Waals surface area contributed by atoms with E-state index in [0.29, 0.717) is 0 Å². The molecule has 0 aliphatic rings. The second kappa shape index (κ2) is 3.72. The zero-order valence-electron chi connectivity index (χ0n) is 7.29. The largest absolute Gasteiger partial charge is 0.377 e. The van der Waals surface area contributed by atoms with Crippen LogP contribution >= 0.6 is 15.9 Å². The van der Waals surface area contributed by atoms with Crippen molar-refractivity contribution in [2.24, 2.45) is 0 Å². The first-order valence-electron chi connectivity index (χ1n) is 3.64. The standard InChI is InChI=1S/C9H12BrN2/c1-8(10)12-6-4-9(5-7-12)11(2)3/h4-7H,1H2,2-3H3/q+1. The van der Waals surface area contributed by atoms with Gasteiger partial charge in [-0.05, 0) is 6.58 Å². The summed E-state index contributed by atoms with van der Waals surface area (Å²) in [5.41, 5.74) is 1.18. The molecular formula is C9H12BrN2+. The number of hydrogen-bond acceptors (Lipinski definition) is 1. The molecule has 3 heteroatoms. The predicted molar refractivity (Wildman–Crippen MR) is 55.2 cm³/mol. The maximum Gasteiger partial charge on any atom is 0.245 e. The lowest BCUT2D eigenvalue weighted by atomic mass is 10.4. The zero-order valence-corrected chi connectivity index (χ0v) is 8.87. The molecule has 0 radical (unpaired) electrons. The molecule has 0 saturated carbocycles. The van der Waals surface area contributed by atoms with Gasteiger partial charge in [0.25, 0.3) is 0 Å². The number of halogens is 1. The van der Waals surface area contributed by atoms with Crippen LogP contribution in [0.5, 0.6) is 0 Å². The van der Waals surface area contributed by atoms with E-state index in [1.807, 2.05) is 43.2 Å². The predicted octanol–water partition coefficient (Wildman–Crippen LogP) is 1.86. The minimum atomic E-state index is 0.841. The molecular weight excluding hydrogens is 216 g/mol. The summed E-state index contributed by atoms with van der Waals surface area (Å²) in [6.07, 6.45) is 3.93. The second-order valence-corrected chi connectivity index (χ2v) is 3.65. The van der Waals surface area contributed by atoms with Crippen molar-refractivity contribution in [3.05, 3.63) is 31.1 Å². The highest BCUT2D eigenvalue weighted by Crippen LogP contribution is 2.08. The molecule has 64 valence electrons. The Bertz CT molecular complexity index is 277. The van der Waals surface area contributed by atoms with Gasteiger partial charge in [-0.2, -0.15) is 4.57 Å². The number of hydrogen-bond donors (Lipinski definition) is 0. The van der Waals surface area contributed by atoms with E-state index in [4.69, 9.17) is 0 Å². The Morgan fingerprint density at radius 2 is 1.92 bits per heavy atom. The zero-order chi connectivity index (χ0) is 9.14. The van der Waals surface area contributed by atoms with Gasteiger partial charge >= 0.3 is 0 Å². The molecule has 0 atom stereocenters. The monoisotopic (exact) mass is 227 g/mol. The molecule has 0 fully saturated rings. The Hall–Kier alpha value is -0.830. The topological polar surface area (TPSA) is 7.12 Å². The van der Waals surface area contributed by atoms with E-state index in [0.717, 1.165) is 4.61 Å². The summed E-state index contributed by atoms with van der Waals surface area (Å²) in [6, 6.07) is 4.07. The molecule has 0 N–H and O–H groups in total. The number of nitrogens with zero attached hydrogens (tertiary/aromatic N) is 2. The lowest BCUT2D eigenvalue weighted by Gasteiger charge is -2.09. The van der Waals surface area contributed by atoms with Gasteiger partial charge in [0.15, 0.2) is 12.4 Å². The molecule has 0 aromatic carbocycles. The van der Waals surface area contributed by atoms with Crippen LogP contribution in [0.4, 0.5) is 5.69 Å². The van der Waals surface area contributed by atoms with Crippen LogP contribution in [-0.4, -0.2) is 14.1 Å². The van der Waals surface area contributed by atoms with Crippen molar-refractivity contribution < 1.29 is 4.57 Å². The van der Waals surface area contributed by atoms with Crippen LogP contribution in [-0.2, 0) is 0 Å². The van der Waals surface area contributed by atoms with Gasteiger partial charge in [-0.15, -0.1) is 0 Å². The van der Waals surface area contributed by atoms with Crippen molar-refractivity contribution in [3.63, 3.8) is 0 Å². The number of anilines is 1. The van der Waals surface area contributed by atoms with Crippen molar-refractivity contribution in [2.45, 2.75) is 0 Å². The van der Waals surface area contributed by atoms with Crippen LogP contribution < -0.4 is 9.47 Å². The highest BCUT2D eigenvalue weighted by molar-refractivity contribution is 9.14. The third-order valence-electron chi connectivity index (χ3n) is 1.61. The molecule has 0 aliphatic heterocycles. The van der Waals surface area contributed by atoms with E-state index < -0.39 is 0 Å². The van der Waals surface area contributed by atoms with Gasteiger partial charge in [0.05, 0.1) is 0 Å². The van der Waals surface area contributed by atoms with Gasteiger partial charge in [0.2, 0.25) is 4.61 Å². The van der Waals surface area contributed by atoms with Crippen molar-refractivity contribution in [3.8, 4) is 0 Å². The minimum Gasteiger partial charge on any atom is -0.377 e. The fourth-order valence-corrected chi connectivity index (χ4v) is 1.11. The molecule has 1 aromatic heterocycles. The molecule has 0 saturated heterocycles. The molecule has 0 spiro atoms. The first-order valence-corrected chi connectivity index (χ1v) is 4.44. The Balaban J connectivity index is 2.93. The van der Waals surface area contributed by atoms with Crippen LogP contribution in [0.15, 0.2) is 31.1 Å².